The van der Waals surface area contributed by atoms with Gasteiger partial charge >= 0.3 is 0 Å². The van der Waals surface area contributed by atoms with Gasteiger partial charge in [-0.2, -0.15) is 0 Å². The van der Waals surface area contributed by atoms with Crippen molar-refractivity contribution in [2.75, 3.05) is 13.7 Å². The number of halogens is 1. The van der Waals surface area contributed by atoms with Crippen molar-refractivity contribution in [3.63, 3.8) is 0 Å². The summed E-state index contributed by atoms with van der Waals surface area (Å²) >= 11 is 3.58. The molecule has 0 aliphatic rings. The molecule has 0 unspecified atom stereocenters. The maximum Gasteiger partial charge on any atom is 0.167 e. The largest absolute Gasteiger partial charge is 0.493 e. The third-order valence-electron chi connectivity index (χ3n) is 2.47. The summed E-state index contributed by atoms with van der Waals surface area (Å²) in [5.41, 5.74) is 1.11. The van der Waals surface area contributed by atoms with Crippen LogP contribution >= 0.6 is 15.9 Å². The summed E-state index contributed by atoms with van der Waals surface area (Å²) in [5, 5.41) is 3.39. The maximum absolute atomic E-state index is 5.88. The number of rotatable bonds is 7. The first-order valence-corrected chi connectivity index (χ1v) is 7.12. The van der Waals surface area contributed by atoms with Crippen LogP contribution in [0.5, 0.6) is 11.5 Å². The van der Waals surface area contributed by atoms with Crippen LogP contribution in [-0.4, -0.2) is 19.8 Å². The van der Waals surface area contributed by atoms with E-state index in [-0.39, 0.29) is 6.10 Å². The second kappa shape index (κ2) is 7.64. The molecule has 1 aromatic rings. The van der Waals surface area contributed by atoms with E-state index in [1.54, 1.807) is 7.11 Å². The van der Waals surface area contributed by atoms with Gasteiger partial charge in [-0.25, -0.2) is 0 Å². The molecule has 0 heterocycles. The standard InChI is InChI=1S/C14H22BrNO2/c1-5-8-16-9-11-12(15)6-7-13(17-4)14(11)18-10(2)3/h6-7,10,16H,5,8-9H2,1-4H3. The zero-order chi connectivity index (χ0) is 13.5. The van der Waals surface area contributed by atoms with Gasteiger partial charge in [0.2, 0.25) is 0 Å². The van der Waals surface area contributed by atoms with Crippen LogP contribution in [-0.2, 0) is 6.54 Å². The van der Waals surface area contributed by atoms with Gasteiger partial charge in [0.15, 0.2) is 11.5 Å². The highest BCUT2D eigenvalue weighted by atomic mass is 79.9. The molecule has 0 atom stereocenters. The summed E-state index contributed by atoms with van der Waals surface area (Å²) in [4.78, 5) is 0. The molecule has 3 nitrogen and oxygen atoms in total. The third-order valence-corrected chi connectivity index (χ3v) is 3.21. The van der Waals surface area contributed by atoms with Crippen molar-refractivity contribution in [1.82, 2.24) is 5.32 Å². The van der Waals surface area contributed by atoms with Crippen LogP contribution in [0.1, 0.15) is 32.8 Å². The molecular weight excluding hydrogens is 294 g/mol. The first kappa shape index (κ1) is 15.3. The van der Waals surface area contributed by atoms with Crippen molar-refractivity contribution >= 4 is 15.9 Å². The minimum atomic E-state index is 0.123. The van der Waals surface area contributed by atoms with Gasteiger partial charge in [0.1, 0.15) is 0 Å². The number of benzene rings is 1. The zero-order valence-electron chi connectivity index (χ0n) is 11.5. The van der Waals surface area contributed by atoms with Crippen molar-refractivity contribution in [2.45, 2.75) is 39.8 Å². The van der Waals surface area contributed by atoms with E-state index >= 15 is 0 Å². The molecule has 0 saturated carbocycles. The highest BCUT2D eigenvalue weighted by Gasteiger charge is 2.15. The van der Waals surface area contributed by atoms with Gasteiger partial charge in [-0.05, 0) is 38.9 Å². The van der Waals surface area contributed by atoms with Crippen molar-refractivity contribution in [3.8, 4) is 11.5 Å². The molecule has 0 saturated heterocycles. The molecule has 0 aromatic heterocycles. The molecule has 18 heavy (non-hydrogen) atoms. The second-order valence-electron chi connectivity index (χ2n) is 4.40. The molecule has 102 valence electrons. The van der Waals surface area contributed by atoms with Crippen LogP contribution in [0.3, 0.4) is 0 Å². The van der Waals surface area contributed by atoms with Crippen LogP contribution in [0.15, 0.2) is 16.6 Å². The summed E-state index contributed by atoms with van der Waals surface area (Å²) in [7, 11) is 1.67. The van der Waals surface area contributed by atoms with E-state index in [4.69, 9.17) is 9.47 Å². The van der Waals surface area contributed by atoms with Crippen LogP contribution in [0.25, 0.3) is 0 Å². The van der Waals surface area contributed by atoms with E-state index in [1.165, 1.54) is 0 Å². The van der Waals surface area contributed by atoms with Crippen LogP contribution in [0.2, 0.25) is 0 Å². The number of hydrogen-bond donors (Lipinski definition) is 1. The van der Waals surface area contributed by atoms with Crippen molar-refractivity contribution in [2.24, 2.45) is 0 Å². The molecule has 0 amide bonds. The maximum atomic E-state index is 5.88. The fraction of sp³-hybridized carbons (Fsp3) is 0.571. The van der Waals surface area contributed by atoms with Crippen molar-refractivity contribution in [1.29, 1.82) is 0 Å². The van der Waals surface area contributed by atoms with E-state index in [2.05, 4.69) is 28.2 Å². The highest BCUT2D eigenvalue weighted by molar-refractivity contribution is 9.10. The average molecular weight is 316 g/mol. The van der Waals surface area contributed by atoms with Gasteiger partial charge in [0, 0.05) is 16.6 Å². The average Bonchev–Trinajstić information content (AvgIpc) is 2.32. The summed E-state index contributed by atoms with van der Waals surface area (Å²) in [5.74, 6) is 1.60. The number of hydrogen-bond acceptors (Lipinski definition) is 3. The Kier molecular flexibility index (Phi) is 6.50. The molecule has 0 radical (unpaired) electrons. The minimum Gasteiger partial charge on any atom is -0.493 e. The Labute approximate surface area is 118 Å². The molecule has 1 aromatic carbocycles. The van der Waals surface area contributed by atoms with E-state index in [9.17, 15) is 0 Å². The quantitative estimate of drug-likeness (QED) is 0.777. The Morgan fingerprint density at radius 2 is 2.06 bits per heavy atom. The van der Waals surface area contributed by atoms with Crippen molar-refractivity contribution < 1.29 is 9.47 Å². The first-order valence-electron chi connectivity index (χ1n) is 6.32. The van der Waals surface area contributed by atoms with Crippen molar-refractivity contribution in [3.05, 3.63) is 22.2 Å². The molecule has 0 fully saturated rings. The Morgan fingerprint density at radius 3 is 2.61 bits per heavy atom. The van der Waals surface area contributed by atoms with Crippen LogP contribution < -0.4 is 14.8 Å². The van der Waals surface area contributed by atoms with Crippen LogP contribution in [0.4, 0.5) is 0 Å². The monoisotopic (exact) mass is 315 g/mol. The molecule has 4 heteroatoms. The minimum absolute atomic E-state index is 0.123. The first-order chi connectivity index (χ1) is 8.60. The highest BCUT2D eigenvalue weighted by Crippen LogP contribution is 2.36. The summed E-state index contributed by atoms with van der Waals surface area (Å²) in [6.07, 6.45) is 1.24. The normalized spacial score (nSPS) is 10.8. The predicted octanol–water partition coefficient (Wildman–Crippen LogP) is 3.74. The van der Waals surface area contributed by atoms with E-state index < -0.39 is 0 Å². The predicted molar refractivity (Wildman–Crippen MR) is 78.5 cm³/mol. The Bertz CT molecular complexity index is 380. The molecular formula is C14H22BrNO2. The SMILES string of the molecule is CCCNCc1c(Br)ccc(OC)c1OC(C)C. The van der Waals surface area contributed by atoms with Crippen LogP contribution in [0, 0.1) is 0 Å². The molecule has 0 aliphatic heterocycles. The Morgan fingerprint density at radius 1 is 1.33 bits per heavy atom. The zero-order valence-corrected chi connectivity index (χ0v) is 13.1. The topological polar surface area (TPSA) is 30.5 Å². The Balaban J connectivity index is 3.01. The summed E-state index contributed by atoms with van der Waals surface area (Å²) in [6, 6.07) is 3.92. The summed E-state index contributed by atoms with van der Waals surface area (Å²) in [6.45, 7) is 7.95. The molecule has 0 aliphatic carbocycles. The van der Waals surface area contributed by atoms with Gasteiger partial charge in [-0.3, -0.25) is 0 Å². The lowest BCUT2D eigenvalue weighted by atomic mass is 10.1. The molecule has 1 rings (SSSR count). The van der Waals surface area contributed by atoms with E-state index in [1.807, 2.05) is 26.0 Å². The lowest BCUT2D eigenvalue weighted by Crippen LogP contribution is -2.17. The Hall–Kier alpha value is -0.740. The third kappa shape index (κ3) is 4.18. The lowest BCUT2D eigenvalue weighted by molar-refractivity contribution is 0.227. The van der Waals surface area contributed by atoms with E-state index in [0.717, 1.165) is 41.0 Å². The van der Waals surface area contributed by atoms with E-state index in [0.29, 0.717) is 0 Å². The van der Waals surface area contributed by atoms with Gasteiger partial charge < -0.3 is 14.8 Å². The molecule has 1 N–H and O–H groups in total. The molecule has 0 bridgehead atoms. The fourth-order valence-corrected chi connectivity index (χ4v) is 2.12. The lowest BCUT2D eigenvalue weighted by Gasteiger charge is -2.19. The van der Waals surface area contributed by atoms with Gasteiger partial charge in [-0.15, -0.1) is 0 Å². The molecule has 0 spiro atoms. The van der Waals surface area contributed by atoms with Gasteiger partial charge in [-0.1, -0.05) is 22.9 Å². The number of methoxy groups -OCH3 is 1. The second-order valence-corrected chi connectivity index (χ2v) is 5.26. The van der Waals surface area contributed by atoms with Gasteiger partial charge in [0.05, 0.1) is 13.2 Å². The fourth-order valence-electron chi connectivity index (χ4n) is 1.66. The number of nitrogens with one attached hydrogen (secondary N) is 1. The summed E-state index contributed by atoms with van der Waals surface area (Å²) < 4.78 is 12.3. The smallest absolute Gasteiger partial charge is 0.167 e. The number of ether oxygens (including phenoxy) is 2. The van der Waals surface area contributed by atoms with Gasteiger partial charge in [0.25, 0.3) is 0 Å².